The quantitative estimate of drug-likeness (QED) is 0.813. The lowest BCUT2D eigenvalue weighted by molar-refractivity contribution is 0.190. The Labute approximate surface area is 107 Å². The van der Waals surface area contributed by atoms with Gasteiger partial charge < -0.3 is 4.74 Å². The molecule has 0 aliphatic rings. The molecule has 0 bridgehead atoms. The van der Waals surface area contributed by atoms with Crippen molar-refractivity contribution in [1.29, 1.82) is 0 Å². The first-order chi connectivity index (χ1) is 8.24. The Morgan fingerprint density at radius 2 is 2.29 bits per heavy atom. The number of para-hydroxylation sites is 1. The van der Waals surface area contributed by atoms with Crippen molar-refractivity contribution >= 4 is 26.8 Å². The summed E-state index contributed by atoms with van der Waals surface area (Å²) in [5.41, 5.74) is 0.702. The van der Waals surface area contributed by atoms with E-state index in [0.29, 0.717) is 24.1 Å². The second kappa shape index (κ2) is 5.42. The molecule has 0 fully saturated rings. The van der Waals surface area contributed by atoms with Gasteiger partial charge >= 0.3 is 0 Å². The Bertz CT molecular complexity index is 580. The van der Waals surface area contributed by atoms with Gasteiger partial charge in [0.1, 0.15) is 0 Å². The van der Waals surface area contributed by atoms with Crippen LogP contribution in [0.1, 0.15) is 6.42 Å². The summed E-state index contributed by atoms with van der Waals surface area (Å²) in [7, 11) is 1.65. The van der Waals surface area contributed by atoms with E-state index in [1.807, 2.05) is 12.1 Å². The summed E-state index contributed by atoms with van der Waals surface area (Å²) in [4.78, 5) is 16.4. The van der Waals surface area contributed by atoms with E-state index in [1.54, 1.807) is 24.1 Å². The zero-order chi connectivity index (χ0) is 12.3. The lowest BCUT2D eigenvalue weighted by Crippen LogP contribution is -2.21. The first-order valence-corrected chi connectivity index (χ1v) is 6.16. The third-order valence-corrected chi connectivity index (χ3v) is 3.19. The normalized spacial score (nSPS) is 10.9. The Balaban J connectivity index is 2.41. The number of rotatable bonds is 4. The number of hydrogen-bond acceptors (Lipinski definition) is 3. The molecule has 17 heavy (non-hydrogen) atoms. The van der Waals surface area contributed by atoms with Gasteiger partial charge in [-0.3, -0.25) is 9.36 Å². The van der Waals surface area contributed by atoms with Crippen LogP contribution in [0.4, 0.5) is 0 Å². The molecule has 0 aliphatic carbocycles. The highest BCUT2D eigenvalue weighted by atomic mass is 79.9. The van der Waals surface area contributed by atoms with Crippen molar-refractivity contribution in [2.75, 3.05) is 13.7 Å². The molecule has 2 rings (SSSR count). The van der Waals surface area contributed by atoms with E-state index < -0.39 is 0 Å². The van der Waals surface area contributed by atoms with Gasteiger partial charge in [-0.05, 0) is 34.5 Å². The monoisotopic (exact) mass is 296 g/mol. The van der Waals surface area contributed by atoms with Gasteiger partial charge in [0.05, 0.1) is 17.2 Å². The minimum atomic E-state index is -0.00703. The van der Waals surface area contributed by atoms with Crippen LogP contribution in [0, 0.1) is 0 Å². The topological polar surface area (TPSA) is 44.1 Å². The summed E-state index contributed by atoms with van der Waals surface area (Å²) >= 11 is 3.39. The van der Waals surface area contributed by atoms with Crippen LogP contribution < -0.4 is 5.56 Å². The van der Waals surface area contributed by atoms with Crippen LogP contribution in [-0.2, 0) is 11.3 Å². The van der Waals surface area contributed by atoms with E-state index >= 15 is 0 Å². The second-order valence-corrected chi connectivity index (χ2v) is 4.58. The van der Waals surface area contributed by atoms with E-state index in [4.69, 9.17) is 4.74 Å². The molecule has 1 heterocycles. The molecule has 0 spiro atoms. The SMILES string of the molecule is COCCCn1cnc2c(Br)cccc2c1=O. The van der Waals surface area contributed by atoms with Crippen molar-refractivity contribution in [2.45, 2.75) is 13.0 Å². The molecule has 5 heteroatoms. The minimum absolute atomic E-state index is 0.00703. The molecule has 0 atom stereocenters. The van der Waals surface area contributed by atoms with E-state index in [0.717, 1.165) is 10.9 Å². The van der Waals surface area contributed by atoms with Gasteiger partial charge in [-0.2, -0.15) is 0 Å². The van der Waals surface area contributed by atoms with Crippen molar-refractivity contribution in [3.63, 3.8) is 0 Å². The standard InChI is InChI=1S/C12H13BrN2O2/c1-17-7-3-6-15-8-14-11-9(12(15)16)4-2-5-10(11)13/h2,4-5,8H,3,6-7H2,1H3. The Morgan fingerprint density at radius 3 is 3.06 bits per heavy atom. The minimum Gasteiger partial charge on any atom is -0.385 e. The Hall–Kier alpha value is -1.20. The van der Waals surface area contributed by atoms with E-state index in [1.165, 1.54) is 0 Å². The van der Waals surface area contributed by atoms with Gasteiger partial charge in [-0.25, -0.2) is 4.98 Å². The third-order valence-electron chi connectivity index (χ3n) is 2.55. The average molecular weight is 297 g/mol. The van der Waals surface area contributed by atoms with Gasteiger partial charge in [-0.1, -0.05) is 6.07 Å². The summed E-state index contributed by atoms with van der Waals surface area (Å²) in [5, 5.41) is 0.638. The smallest absolute Gasteiger partial charge is 0.261 e. The molecule has 0 saturated carbocycles. The van der Waals surface area contributed by atoms with Gasteiger partial charge in [0.25, 0.3) is 5.56 Å². The summed E-state index contributed by atoms with van der Waals surface area (Å²) in [5.74, 6) is 0. The highest BCUT2D eigenvalue weighted by molar-refractivity contribution is 9.10. The molecule has 0 aliphatic heterocycles. The van der Waals surface area contributed by atoms with Crippen LogP contribution in [0.5, 0.6) is 0 Å². The molecule has 90 valence electrons. The zero-order valence-electron chi connectivity index (χ0n) is 9.52. The fourth-order valence-electron chi connectivity index (χ4n) is 1.69. The van der Waals surface area contributed by atoms with Crippen LogP contribution in [0.3, 0.4) is 0 Å². The molecule has 0 unspecified atom stereocenters. The van der Waals surface area contributed by atoms with Gasteiger partial charge in [0, 0.05) is 24.7 Å². The molecule has 0 N–H and O–H groups in total. The first-order valence-electron chi connectivity index (χ1n) is 5.36. The number of methoxy groups -OCH3 is 1. The van der Waals surface area contributed by atoms with E-state index in [-0.39, 0.29) is 5.56 Å². The van der Waals surface area contributed by atoms with Crippen molar-refractivity contribution in [3.05, 3.63) is 39.4 Å². The first kappa shape index (κ1) is 12.3. The molecule has 0 saturated heterocycles. The number of aromatic nitrogens is 2. The second-order valence-electron chi connectivity index (χ2n) is 3.73. The predicted octanol–water partition coefficient (Wildman–Crippen LogP) is 2.20. The molecule has 0 radical (unpaired) electrons. The van der Waals surface area contributed by atoms with Crippen molar-refractivity contribution in [1.82, 2.24) is 9.55 Å². The van der Waals surface area contributed by atoms with Gasteiger partial charge in [0.2, 0.25) is 0 Å². The predicted molar refractivity (Wildman–Crippen MR) is 70.2 cm³/mol. The van der Waals surface area contributed by atoms with Gasteiger partial charge in [0.15, 0.2) is 0 Å². The fraction of sp³-hybridized carbons (Fsp3) is 0.333. The molecule has 1 aromatic carbocycles. The zero-order valence-corrected chi connectivity index (χ0v) is 11.1. The molecular formula is C12H13BrN2O2. The molecular weight excluding hydrogens is 284 g/mol. The van der Waals surface area contributed by atoms with Crippen LogP contribution >= 0.6 is 15.9 Å². The maximum Gasteiger partial charge on any atom is 0.261 e. The highest BCUT2D eigenvalue weighted by Crippen LogP contribution is 2.18. The van der Waals surface area contributed by atoms with E-state index in [9.17, 15) is 4.79 Å². The largest absolute Gasteiger partial charge is 0.385 e. The number of ether oxygens (including phenoxy) is 1. The van der Waals surface area contributed by atoms with Crippen molar-refractivity contribution in [3.8, 4) is 0 Å². The van der Waals surface area contributed by atoms with Crippen molar-refractivity contribution in [2.24, 2.45) is 0 Å². The lowest BCUT2D eigenvalue weighted by Gasteiger charge is -2.06. The molecule has 1 aromatic heterocycles. The number of hydrogen-bond donors (Lipinski definition) is 0. The Kier molecular flexibility index (Phi) is 3.91. The molecule has 0 amide bonds. The number of halogens is 1. The summed E-state index contributed by atoms with van der Waals surface area (Å²) in [6.45, 7) is 1.27. The van der Waals surface area contributed by atoms with E-state index in [2.05, 4.69) is 20.9 Å². The van der Waals surface area contributed by atoms with Crippen LogP contribution in [0.2, 0.25) is 0 Å². The maximum absolute atomic E-state index is 12.1. The van der Waals surface area contributed by atoms with Gasteiger partial charge in [-0.15, -0.1) is 0 Å². The third kappa shape index (κ3) is 2.56. The summed E-state index contributed by atoms with van der Waals surface area (Å²) < 4.78 is 7.43. The van der Waals surface area contributed by atoms with Crippen LogP contribution in [-0.4, -0.2) is 23.3 Å². The van der Waals surface area contributed by atoms with Crippen molar-refractivity contribution < 1.29 is 4.74 Å². The van der Waals surface area contributed by atoms with Crippen LogP contribution in [0.15, 0.2) is 33.8 Å². The number of benzene rings is 1. The van der Waals surface area contributed by atoms with Crippen LogP contribution in [0.25, 0.3) is 10.9 Å². The Morgan fingerprint density at radius 1 is 1.47 bits per heavy atom. The summed E-state index contributed by atoms with van der Waals surface area (Å²) in [6, 6.07) is 5.52. The summed E-state index contributed by atoms with van der Waals surface area (Å²) in [6.07, 6.45) is 2.39. The number of aryl methyl sites for hydroxylation is 1. The average Bonchev–Trinajstić information content (AvgIpc) is 2.33. The molecule has 4 nitrogen and oxygen atoms in total. The fourth-order valence-corrected chi connectivity index (χ4v) is 2.16. The maximum atomic E-state index is 12.1. The highest BCUT2D eigenvalue weighted by Gasteiger charge is 2.05. The lowest BCUT2D eigenvalue weighted by atomic mass is 10.2. The number of fused-ring (bicyclic) bond motifs is 1. The number of nitrogens with zero attached hydrogens (tertiary/aromatic N) is 2. The molecule has 2 aromatic rings.